The van der Waals surface area contributed by atoms with Crippen LogP contribution in [0.2, 0.25) is 0 Å². The average Bonchev–Trinajstić information content (AvgIpc) is 2.81. The van der Waals surface area contributed by atoms with E-state index >= 15 is 0 Å². The van der Waals surface area contributed by atoms with Gasteiger partial charge in [-0.2, -0.15) is 4.98 Å². The minimum absolute atomic E-state index is 0.161. The van der Waals surface area contributed by atoms with Crippen LogP contribution in [-0.4, -0.2) is 51.6 Å². The molecule has 1 saturated heterocycles. The van der Waals surface area contributed by atoms with Gasteiger partial charge in [0.2, 0.25) is 5.95 Å². The zero-order chi connectivity index (χ0) is 13.4. The first-order valence-electron chi connectivity index (χ1n) is 6.06. The number of nitrogens with zero attached hydrogens (tertiary/aromatic N) is 4. The predicted molar refractivity (Wildman–Crippen MR) is 70.3 cm³/mol. The van der Waals surface area contributed by atoms with Gasteiger partial charge < -0.3 is 20.4 Å². The Balaban J connectivity index is 1.99. The second-order valence-electron chi connectivity index (χ2n) is 4.52. The molecule has 0 aromatic carbocycles. The van der Waals surface area contributed by atoms with Crippen molar-refractivity contribution in [2.75, 3.05) is 24.7 Å². The topological polar surface area (TPSA) is 117 Å². The summed E-state index contributed by atoms with van der Waals surface area (Å²) in [5.41, 5.74) is 6.63. The first-order chi connectivity index (χ1) is 9.15. The van der Waals surface area contributed by atoms with Gasteiger partial charge in [0.25, 0.3) is 0 Å². The van der Waals surface area contributed by atoms with E-state index in [1.54, 1.807) is 6.20 Å². The Kier molecular flexibility index (Phi) is 2.79. The molecule has 0 unspecified atom stereocenters. The third kappa shape index (κ3) is 2.10. The Bertz CT molecular complexity index is 623. The number of aromatic amines is 1. The Labute approximate surface area is 109 Å². The lowest BCUT2D eigenvalue weighted by atomic mass is 10.3. The van der Waals surface area contributed by atoms with Crippen molar-refractivity contribution in [3.05, 3.63) is 12.0 Å². The lowest BCUT2D eigenvalue weighted by Crippen LogP contribution is -2.44. The van der Waals surface area contributed by atoms with Gasteiger partial charge in [-0.3, -0.25) is 5.41 Å². The van der Waals surface area contributed by atoms with Crippen LogP contribution in [0, 0.1) is 5.41 Å². The van der Waals surface area contributed by atoms with Gasteiger partial charge in [0, 0.05) is 6.54 Å². The number of morpholine rings is 1. The summed E-state index contributed by atoms with van der Waals surface area (Å²) in [6, 6.07) is 0.259. The summed E-state index contributed by atoms with van der Waals surface area (Å²) in [4.78, 5) is 17.9. The largest absolute Gasteiger partial charge is 0.381 e. The molecule has 3 rings (SSSR count). The van der Waals surface area contributed by atoms with Gasteiger partial charge in [0.05, 0.1) is 25.5 Å². The summed E-state index contributed by atoms with van der Waals surface area (Å²) in [5.74, 6) is 0.785. The first kappa shape index (κ1) is 11.8. The number of anilines is 1. The normalized spacial score (nSPS) is 19.8. The molecule has 0 amide bonds. The quantitative estimate of drug-likeness (QED) is 0.512. The van der Waals surface area contributed by atoms with Crippen molar-refractivity contribution in [1.29, 1.82) is 5.41 Å². The molecule has 0 bridgehead atoms. The number of rotatable bonds is 2. The molecule has 0 saturated carbocycles. The Morgan fingerprint density at radius 3 is 3.16 bits per heavy atom. The number of nitrogen functional groups attached to an aromatic ring is 1. The van der Waals surface area contributed by atoms with E-state index < -0.39 is 0 Å². The summed E-state index contributed by atoms with van der Waals surface area (Å²) in [6.07, 6.45) is 1.60. The van der Waals surface area contributed by atoms with Gasteiger partial charge in [-0.25, -0.2) is 9.97 Å². The standard InChI is InChI=1S/C11H15N7O/c1-6-5-19-3-2-18(6)11-15-7-4-14-10(8(12)13)16-9(7)17-11/h4,6H,2-3,5H2,1H3,(H3,12,13)(H,14,15,16,17)/t6-/m1/s1. The minimum atomic E-state index is -0.161. The molecule has 19 heavy (non-hydrogen) atoms. The van der Waals surface area contributed by atoms with Gasteiger partial charge >= 0.3 is 0 Å². The van der Waals surface area contributed by atoms with Crippen LogP contribution in [0.3, 0.4) is 0 Å². The molecule has 1 fully saturated rings. The zero-order valence-electron chi connectivity index (χ0n) is 10.6. The van der Waals surface area contributed by atoms with Crippen molar-refractivity contribution in [3.63, 3.8) is 0 Å². The van der Waals surface area contributed by atoms with Crippen molar-refractivity contribution in [1.82, 2.24) is 19.9 Å². The number of imidazole rings is 1. The Morgan fingerprint density at radius 2 is 2.42 bits per heavy atom. The van der Waals surface area contributed by atoms with Crippen LogP contribution in [0.1, 0.15) is 12.7 Å². The highest BCUT2D eigenvalue weighted by Gasteiger charge is 2.22. The van der Waals surface area contributed by atoms with Crippen molar-refractivity contribution >= 4 is 22.9 Å². The molecule has 4 N–H and O–H groups in total. The highest BCUT2D eigenvalue weighted by Crippen LogP contribution is 2.19. The molecule has 0 aliphatic carbocycles. The van der Waals surface area contributed by atoms with E-state index in [2.05, 4.69) is 31.8 Å². The van der Waals surface area contributed by atoms with Crippen LogP contribution in [0.4, 0.5) is 5.95 Å². The van der Waals surface area contributed by atoms with Gasteiger partial charge in [0.15, 0.2) is 17.3 Å². The van der Waals surface area contributed by atoms with Gasteiger partial charge in [-0.05, 0) is 6.92 Å². The van der Waals surface area contributed by atoms with Crippen LogP contribution in [0.25, 0.3) is 11.2 Å². The molecule has 1 atom stereocenters. The van der Waals surface area contributed by atoms with E-state index in [1.807, 2.05) is 0 Å². The summed E-state index contributed by atoms with van der Waals surface area (Å²) >= 11 is 0. The average molecular weight is 261 g/mol. The van der Waals surface area contributed by atoms with E-state index in [0.717, 1.165) is 18.0 Å². The zero-order valence-corrected chi connectivity index (χ0v) is 10.6. The summed E-state index contributed by atoms with van der Waals surface area (Å²) < 4.78 is 5.40. The van der Waals surface area contributed by atoms with Gasteiger partial charge in [0.1, 0.15) is 5.52 Å². The van der Waals surface area contributed by atoms with Crippen LogP contribution < -0.4 is 10.6 Å². The third-order valence-corrected chi connectivity index (χ3v) is 3.11. The second-order valence-corrected chi connectivity index (χ2v) is 4.52. The molecule has 8 nitrogen and oxygen atoms in total. The van der Waals surface area contributed by atoms with Crippen LogP contribution in [0.15, 0.2) is 6.20 Å². The van der Waals surface area contributed by atoms with Crippen molar-refractivity contribution in [3.8, 4) is 0 Å². The van der Waals surface area contributed by atoms with Gasteiger partial charge in [-0.15, -0.1) is 0 Å². The van der Waals surface area contributed by atoms with E-state index in [1.165, 1.54) is 0 Å². The fourth-order valence-electron chi connectivity index (χ4n) is 2.10. The van der Waals surface area contributed by atoms with E-state index in [4.69, 9.17) is 15.9 Å². The Hall–Kier alpha value is -2.22. The number of fused-ring (bicyclic) bond motifs is 1. The maximum atomic E-state index is 7.33. The molecule has 1 aliphatic heterocycles. The number of H-pyrrole nitrogens is 1. The highest BCUT2D eigenvalue weighted by atomic mass is 16.5. The first-order valence-corrected chi connectivity index (χ1v) is 6.06. The number of aromatic nitrogens is 4. The summed E-state index contributed by atoms with van der Waals surface area (Å²) in [6.45, 7) is 4.24. The minimum Gasteiger partial charge on any atom is -0.381 e. The summed E-state index contributed by atoms with van der Waals surface area (Å²) in [5, 5.41) is 7.33. The SMILES string of the molecule is C[C@@H]1COCCN1c1nc2nc(C(=N)N)ncc2[nH]1. The predicted octanol–water partition coefficient (Wildman–Crippen LogP) is -0.138. The summed E-state index contributed by atoms with van der Waals surface area (Å²) in [7, 11) is 0. The molecule has 100 valence electrons. The van der Waals surface area contributed by atoms with Gasteiger partial charge in [-0.1, -0.05) is 0 Å². The van der Waals surface area contributed by atoms with Crippen LogP contribution in [0.5, 0.6) is 0 Å². The second kappa shape index (κ2) is 4.47. The molecular weight excluding hydrogens is 246 g/mol. The lowest BCUT2D eigenvalue weighted by molar-refractivity contribution is 0.0982. The fourth-order valence-corrected chi connectivity index (χ4v) is 2.10. The van der Waals surface area contributed by atoms with E-state index in [-0.39, 0.29) is 17.7 Å². The molecular formula is C11H15N7O. The smallest absolute Gasteiger partial charge is 0.205 e. The number of ether oxygens (including phenoxy) is 1. The van der Waals surface area contributed by atoms with Crippen molar-refractivity contribution in [2.24, 2.45) is 5.73 Å². The third-order valence-electron chi connectivity index (χ3n) is 3.11. The van der Waals surface area contributed by atoms with Crippen LogP contribution >= 0.6 is 0 Å². The fraction of sp³-hybridized carbons (Fsp3) is 0.455. The molecule has 2 aromatic rings. The maximum Gasteiger partial charge on any atom is 0.205 e. The van der Waals surface area contributed by atoms with Crippen molar-refractivity contribution in [2.45, 2.75) is 13.0 Å². The molecule has 0 spiro atoms. The van der Waals surface area contributed by atoms with E-state index in [0.29, 0.717) is 18.9 Å². The molecule has 1 aliphatic rings. The number of nitrogens with one attached hydrogen (secondary N) is 2. The maximum absolute atomic E-state index is 7.33. The van der Waals surface area contributed by atoms with Crippen molar-refractivity contribution < 1.29 is 4.74 Å². The number of amidine groups is 1. The van der Waals surface area contributed by atoms with Crippen LogP contribution in [-0.2, 0) is 4.74 Å². The lowest BCUT2D eigenvalue weighted by Gasteiger charge is -2.32. The highest BCUT2D eigenvalue weighted by molar-refractivity contribution is 5.92. The molecule has 2 aromatic heterocycles. The number of hydrogen-bond acceptors (Lipinski definition) is 6. The molecule has 0 radical (unpaired) electrons. The van der Waals surface area contributed by atoms with E-state index in [9.17, 15) is 0 Å². The number of hydrogen-bond donors (Lipinski definition) is 3. The number of nitrogens with two attached hydrogens (primary N) is 1. The monoisotopic (exact) mass is 261 g/mol. The Morgan fingerprint density at radius 1 is 1.58 bits per heavy atom. The molecule has 3 heterocycles. The molecule has 8 heteroatoms.